The number of nitrogens with zero attached hydrogens (tertiary/aromatic N) is 3. The van der Waals surface area contributed by atoms with Crippen molar-refractivity contribution in [3.05, 3.63) is 18.1 Å². The summed E-state index contributed by atoms with van der Waals surface area (Å²) in [6.07, 6.45) is 4.04. The van der Waals surface area contributed by atoms with Crippen LogP contribution in [0.1, 0.15) is 37.7 Å². The monoisotopic (exact) mass is 248 g/mol. The van der Waals surface area contributed by atoms with Gasteiger partial charge in [-0.05, 0) is 25.2 Å². The lowest BCUT2D eigenvalue weighted by Crippen LogP contribution is -2.49. The number of hydrogen-bond donors (Lipinski definition) is 1. The van der Waals surface area contributed by atoms with E-state index in [0.29, 0.717) is 23.3 Å². The third kappa shape index (κ3) is 2.44. The van der Waals surface area contributed by atoms with Crippen molar-refractivity contribution >= 4 is 11.7 Å². The molecule has 98 valence electrons. The maximum Gasteiger partial charge on any atom is 0.274 e. The van der Waals surface area contributed by atoms with E-state index in [0.717, 1.165) is 6.54 Å². The van der Waals surface area contributed by atoms with Gasteiger partial charge in [0.1, 0.15) is 11.5 Å². The Morgan fingerprint density at radius 3 is 2.67 bits per heavy atom. The van der Waals surface area contributed by atoms with Crippen molar-refractivity contribution < 1.29 is 4.79 Å². The van der Waals surface area contributed by atoms with E-state index in [-0.39, 0.29) is 11.9 Å². The van der Waals surface area contributed by atoms with E-state index in [2.05, 4.69) is 30.7 Å². The van der Waals surface area contributed by atoms with E-state index >= 15 is 0 Å². The summed E-state index contributed by atoms with van der Waals surface area (Å²) in [6.45, 7) is 7.25. The highest BCUT2D eigenvalue weighted by atomic mass is 16.2. The topological polar surface area (TPSA) is 72.1 Å². The molecular formula is C13H20N4O. The van der Waals surface area contributed by atoms with Crippen molar-refractivity contribution in [2.75, 3.05) is 12.3 Å². The van der Waals surface area contributed by atoms with Crippen LogP contribution in [0.25, 0.3) is 0 Å². The molecule has 2 heterocycles. The van der Waals surface area contributed by atoms with Gasteiger partial charge in [-0.2, -0.15) is 0 Å². The fraction of sp³-hybridized carbons (Fsp3) is 0.615. The predicted octanol–water partition coefficient (Wildman–Crippen LogP) is 1.57. The molecule has 1 saturated heterocycles. The van der Waals surface area contributed by atoms with Gasteiger partial charge in [0.25, 0.3) is 5.91 Å². The van der Waals surface area contributed by atoms with Gasteiger partial charge in [-0.1, -0.05) is 13.8 Å². The molecule has 1 amide bonds. The summed E-state index contributed by atoms with van der Waals surface area (Å²) in [5, 5.41) is 0. The number of aromatic nitrogens is 2. The number of carbonyl (C=O) groups excluding carboxylic acids is 1. The van der Waals surface area contributed by atoms with Crippen molar-refractivity contribution in [3.8, 4) is 0 Å². The van der Waals surface area contributed by atoms with Crippen LogP contribution in [-0.2, 0) is 0 Å². The van der Waals surface area contributed by atoms with Gasteiger partial charge in [-0.15, -0.1) is 0 Å². The number of hydrogen-bond acceptors (Lipinski definition) is 4. The summed E-state index contributed by atoms with van der Waals surface area (Å²) in [6, 6.07) is 0.244. The summed E-state index contributed by atoms with van der Waals surface area (Å²) in [5.41, 5.74) is 5.85. The van der Waals surface area contributed by atoms with E-state index in [1.807, 2.05) is 4.90 Å². The number of rotatable bonds is 1. The lowest BCUT2D eigenvalue weighted by Gasteiger charge is -2.40. The third-order valence-electron chi connectivity index (χ3n) is 3.75. The number of nitrogen functional groups attached to an aromatic ring is 1. The summed E-state index contributed by atoms with van der Waals surface area (Å²) in [7, 11) is 0. The third-order valence-corrected chi connectivity index (χ3v) is 3.75. The highest BCUT2D eigenvalue weighted by Crippen LogP contribution is 2.27. The second-order valence-electron chi connectivity index (χ2n) is 5.34. The van der Waals surface area contributed by atoms with Crippen LogP contribution < -0.4 is 5.73 Å². The molecule has 3 atom stereocenters. The second kappa shape index (κ2) is 4.92. The smallest absolute Gasteiger partial charge is 0.274 e. The number of carbonyl (C=O) groups is 1. The zero-order valence-corrected chi connectivity index (χ0v) is 11.1. The Balaban J connectivity index is 2.19. The van der Waals surface area contributed by atoms with Crippen LogP contribution in [0.4, 0.5) is 5.82 Å². The Hall–Kier alpha value is -1.65. The van der Waals surface area contributed by atoms with Crippen molar-refractivity contribution in [3.63, 3.8) is 0 Å². The van der Waals surface area contributed by atoms with E-state index < -0.39 is 0 Å². The van der Waals surface area contributed by atoms with Gasteiger partial charge >= 0.3 is 0 Å². The molecule has 2 rings (SSSR count). The molecule has 0 bridgehead atoms. The van der Waals surface area contributed by atoms with Crippen molar-refractivity contribution in [2.45, 2.75) is 33.2 Å². The van der Waals surface area contributed by atoms with E-state index in [1.54, 1.807) is 0 Å². The summed E-state index contributed by atoms with van der Waals surface area (Å²) < 4.78 is 0. The first-order chi connectivity index (χ1) is 8.49. The minimum absolute atomic E-state index is 0.0478. The zero-order chi connectivity index (χ0) is 13.3. The average Bonchev–Trinajstić information content (AvgIpc) is 2.34. The molecule has 5 nitrogen and oxygen atoms in total. The van der Waals surface area contributed by atoms with Crippen molar-refractivity contribution in [1.82, 2.24) is 14.9 Å². The van der Waals surface area contributed by atoms with Crippen LogP contribution in [0.15, 0.2) is 12.4 Å². The molecular weight excluding hydrogens is 228 g/mol. The number of amides is 1. The molecule has 5 heteroatoms. The number of anilines is 1. The van der Waals surface area contributed by atoms with Crippen LogP contribution in [0, 0.1) is 11.8 Å². The van der Waals surface area contributed by atoms with Crippen LogP contribution >= 0.6 is 0 Å². The quantitative estimate of drug-likeness (QED) is 0.818. The summed E-state index contributed by atoms with van der Waals surface area (Å²) in [4.78, 5) is 22.3. The molecule has 0 radical (unpaired) electrons. The molecule has 1 aromatic heterocycles. The molecule has 3 unspecified atom stereocenters. The van der Waals surface area contributed by atoms with Gasteiger partial charge in [0, 0.05) is 12.6 Å². The average molecular weight is 248 g/mol. The summed E-state index contributed by atoms with van der Waals surface area (Å²) >= 11 is 0. The van der Waals surface area contributed by atoms with Gasteiger partial charge in [-0.25, -0.2) is 9.97 Å². The Morgan fingerprint density at radius 1 is 1.33 bits per heavy atom. The maximum absolute atomic E-state index is 12.4. The minimum Gasteiger partial charge on any atom is -0.382 e. The fourth-order valence-electron chi connectivity index (χ4n) is 2.58. The molecule has 1 fully saturated rings. The highest BCUT2D eigenvalue weighted by Gasteiger charge is 2.32. The molecule has 0 spiro atoms. The lowest BCUT2D eigenvalue weighted by atomic mass is 9.86. The highest BCUT2D eigenvalue weighted by molar-refractivity contribution is 5.92. The van der Waals surface area contributed by atoms with Crippen molar-refractivity contribution in [2.24, 2.45) is 11.8 Å². The van der Waals surface area contributed by atoms with E-state index in [9.17, 15) is 4.79 Å². The Bertz CT molecular complexity index is 431. The van der Waals surface area contributed by atoms with Crippen LogP contribution in [0.5, 0.6) is 0 Å². The molecule has 1 aliphatic heterocycles. The Kier molecular flexibility index (Phi) is 3.50. The molecule has 1 aliphatic rings. The minimum atomic E-state index is -0.0478. The number of piperidine rings is 1. The molecule has 2 N–H and O–H groups in total. The van der Waals surface area contributed by atoms with Crippen LogP contribution in [-0.4, -0.2) is 33.4 Å². The Labute approximate surface area is 107 Å². The Morgan fingerprint density at radius 2 is 2.06 bits per heavy atom. The molecule has 18 heavy (non-hydrogen) atoms. The van der Waals surface area contributed by atoms with Gasteiger partial charge in [0.15, 0.2) is 0 Å². The number of nitrogens with two attached hydrogens (primary N) is 1. The largest absolute Gasteiger partial charge is 0.382 e. The first-order valence-electron chi connectivity index (χ1n) is 6.37. The summed E-state index contributed by atoms with van der Waals surface area (Å²) in [5.74, 6) is 1.33. The van der Waals surface area contributed by atoms with Gasteiger partial charge in [-0.3, -0.25) is 4.79 Å². The van der Waals surface area contributed by atoms with Crippen LogP contribution in [0.2, 0.25) is 0 Å². The molecule has 0 aliphatic carbocycles. The lowest BCUT2D eigenvalue weighted by molar-refractivity contribution is 0.0449. The first-order valence-corrected chi connectivity index (χ1v) is 6.37. The number of likely N-dealkylation sites (tertiary alicyclic amines) is 1. The van der Waals surface area contributed by atoms with E-state index in [4.69, 9.17) is 5.73 Å². The molecule has 1 aromatic rings. The maximum atomic E-state index is 12.4. The fourth-order valence-corrected chi connectivity index (χ4v) is 2.58. The molecule has 0 saturated carbocycles. The first kappa shape index (κ1) is 12.8. The zero-order valence-electron chi connectivity index (χ0n) is 11.1. The van der Waals surface area contributed by atoms with Gasteiger partial charge < -0.3 is 10.6 Å². The van der Waals surface area contributed by atoms with Gasteiger partial charge in [0.2, 0.25) is 0 Å². The normalized spacial score (nSPS) is 28.2. The van der Waals surface area contributed by atoms with E-state index in [1.165, 1.54) is 18.8 Å². The molecule has 0 aromatic carbocycles. The second-order valence-corrected chi connectivity index (χ2v) is 5.34. The standard InChI is InChI=1S/C13H20N4O/c1-8-4-9(2)10(3)17(7-8)13(18)11-5-16-12(14)6-15-11/h5-6,8-10H,4,7H2,1-3H3,(H2,14,16). The van der Waals surface area contributed by atoms with Gasteiger partial charge in [0.05, 0.1) is 12.4 Å². The SMILES string of the molecule is CC1CC(C)C(C)N(C(=O)c2cnc(N)cn2)C1. The van der Waals surface area contributed by atoms with Crippen LogP contribution in [0.3, 0.4) is 0 Å². The van der Waals surface area contributed by atoms with Crippen molar-refractivity contribution in [1.29, 1.82) is 0 Å². The predicted molar refractivity (Wildman–Crippen MR) is 69.9 cm³/mol.